The highest BCUT2D eigenvalue weighted by molar-refractivity contribution is 5.92. The Hall–Kier alpha value is -1.76. The Morgan fingerprint density at radius 2 is 2.44 bits per heavy atom. The summed E-state index contributed by atoms with van der Waals surface area (Å²) >= 11 is 0. The van der Waals surface area contributed by atoms with Crippen molar-refractivity contribution in [3.8, 4) is 12.3 Å². The molecule has 86 valence electrons. The van der Waals surface area contributed by atoms with Crippen molar-refractivity contribution < 1.29 is 4.79 Å². The molecule has 1 unspecified atom stereocenters. The van der Waals surface area contributed by atoms with E-state index in [2.05, 4.69) is 16.3 Å². The Kier molecular flexibility index (Phi) is 4.12. The third kappa shape index (κ3) is 2.86. The molecule has 0 aliphatic heterocycles. The van der Waals surface area contributed by atoms with Gasteiger partial charge in [0.2, 0.25) is 0 Å². The standard InChI is InChI=1S/C12H17N3O/c1-5-7-10(6-2)13-12(16)11-8-9(3)14-15(11)4/h1,8,10H,6-7H2,2-4H3,(H,13,16). The average Bonchev–Trinajstić information content (AvgIpc) is 2.57. The van der Waals surface area contributed by atoms with Crippen LogP contribution in [-0.2, 0) is 7.05 Å². The van der Waals surface area contributed by atoms with Gasteiger partial charge in [-0.3, -0.25) is 9.48 Å². The highest BCUT2D eigenvalue weighted by Gasteiger charge is 2.14. The summed E-state index contributed by atoms with van der Waals surface area (Å²) in [5.41, 5.74) is 1.39. The van der Waals surface area contributed by atoms with Crippen LogP contribution in [0, 0.1) is 19.3 Å². The average molecular weight is 219 g/mol. The smallest absolute Gasteiger partial charge is 0.269 e. The molecule has 0 fully saturated rings. The van der Waals surface area contributed by atoms with Gasteiger partial charge in [-0.2, -0.15) is 5.10 Å². The molecule has 1 atom stereocenters. The quantitative estimate of drug-likeness (QED) is 0.775. The van der Waals surface area contributed by atoms with E-state index in [4.69, 9.17) is 6.42 Å². The highest BCUT2D eigenvalue weighted by Crippen LogP contribution is 2.04. The molecular weight excluding hydrogens is 202 g/mol. The first kappa shape index (κ1) is 12.3. The minimum atomic E-state index is -0.120. The maximum atomic E-state index is 11.9. The molecule has 0 spiro atoms. The van der Waals surface area contributed by atoms with Crippen molar-refractivity contribution in [3.05, 3.63) is 17.5 Å². The fourth-order valence-electron chi connectivity index (χ4n) is 1.52. The van der Waals surface area contributed by atoms with Gasteiger partial charge in [-0.1, -0.05) is 6.92 Å². The summed E-state index contributed by atoms with van der Waals surface area (Å²) in [6, 6.07) is 1.80. The highest BCUT2D eigenvalue weighted by atomic mass is 16.2. The van der Waals surface area contributed by atoms with E-state index < -0.39 is 0 Å². The Morgan fingerprint density at radius 3 is 2.88 bits per heavy atom. The summed E-state index contributed by atoms with van der Waals surface area (Å²) in [6.07, 6.45) is 6.62. The first-order valence-electron chi connectivity index (χ1n) is 5.33. The predicted octanol–water partition coefficient (Wildman–Crippen LogP) is 1.26. The van der Waals surface area contributed by atoms with Gasteiger partial charge < -0.3 is 5.32 Å². The van der Waals surface area contributed by atoms with Crippen molar-refractivity contribution in [3.63, 3.8) is 0 Å². The summed E-state index contributed by atoms with van der Waals surface area (Å²) in [4.78, 5) is 11.9. The molecule has 1 N–H and O–H groups in total. The zero-order chi connectivity index (χ0) is 12.1. The molecule has 0 radical (unpaired) electrons. The lowest BCUT2D eigenvalue weighted by molar-refractivity contribution is 0.0927. The van der Waals surface area contributed by atoms with E-state index in [9.17, 15) is 4.79 Å². The molecule has 1 heterocycles. The number of rotatable bonds is 4. The zero-order valence-electron chi connectivity index (χ0n) is 9.95. The zero-order valence-corrected chi connectivity index (χ0v) is 9.95. The van der Waals surface area contributed by atoms with E-state index in [1.165, 1.54) is 0 Å². The first-order valence-corrected chi connectivity index (χ1v) is 5.33. The fourth-order valence-corrected chi connectivity index (χ4v) is 1.52. The van der Waals surface area contributed by atoms with Crippen molar-refractivity contribution in [2.75, 3.05) is 0 Å². The van der Waals surface area contributed by atoms with E-state index in [0.717, 1.165) is 12.1 Å². The van der Waals surface area contributed by atoms with Crippen LogP contribution >= 0.6 is 0 Å². The monoisotopic (exact) mass is 219 g/mol. The second-order valence-corrected chi connectivity index (χ2v) is 3.78. The van der Waals surface area contributed by atoms with Crippen LogP contribution in [0.2, 0.25) is 0 Å². The number of carbonyl (C=O) groups excluding carboxylic acids is 1. The molecule has 1 rings (SSSR count). The molecule has 4 nitrogen and oxygen atoms in total. The summed E-state index contributed by atoms with van der Waals surface area (Å²) in [7, 11) is 1.75. The molecule has 0 saturated carbocycles. The largest absolute Gasteiger partial charge is 0.347 e. The van der Waals surface area contributed by atoms with Crippen molar-refractivity contribution in [2.24, 2.45) is 7.05 Å². The topological polar surface area (TPSA) is 46.9 Å². The number of carbonyl (C=O) groups is 1. The van der Waals surface area contributed by atoms with Gasteiger partial charge >= 0.3 is 0 Å². The molecule has 1 aromatic heterocycles. The second kappa shape index (κ2) is 5.36. The third-order valence-corrected chi connectivity index (χ3v) is 2.43. The van der Waals surface area contributed by atoms with Crippen LogP contribution in [0.25, 0.3) is 0 Å². The lowest BCUT2D eigenvalue weighted by Gasteiger charge is -2.13. The van der Waals surface area contributed by atoms with Crippen molar-refractivity contribution in [2.45, 2.75) is 32.7 Å². The Balaban J connectivity index is 2.72. The molecule has 16 heavy (non-hydrogen) atoms. The van der Waals surface area contributed by atoms with E-state index in [1.807, 2.05) is 13.8 Å². The Bertz CT molecular complexity index is 414. The Labute approximate surface area is 96.0 Å². The number of hydrogen-bond donors (Lipinski definition) is 1. The van der Waals surface area contributed by atoms with Crippen LogP contribution in [-0.4, -0.2) is 21.7 Å². The molecule has 0 bridgehead atoms. The molecule has 0 aromatic carbocycles. The SMILES string of the molecule is C#CCC(CC)NC(=O)c1cc(C)nn1C. The minimum Gasteiger partial charge on any atom is -0.347 e. The molecule has 0 aliphatic carbocycles. The number of amides is 1. The summed E-state index contributed by atoms with van der Waals surface area (Å²) in [6.45, 7) is 3.85. The molecule has 0 aliphatic rings. The number of nitrogens with zero attached hydrogens (tertiary/aromatic N) is 2. The number of aromatic nitrogens is 2. The first-order chi connectivity index (χ1) is 7.58. The Morgan fingerprint density at radius 1 is 1.75 bits per heavy atom. The van der Waals surface area contributed by atoms with Crippen molar-refractivity contribution in [1.29, 1.82) is 0 Å². The molecule has 1 amide bonds. The van der Waals surface area contributed by atoms with E-state index in [0.29, 0.717) is 12.1 Å². The predicted molar refractivity (Wildman–Crippen MR) is 62.9 cm³/mol. The van der Waals surface area contributed by atoms with Crippen LogP contribution in [0.1, 0.15) is 35.9 Å². The maximum absolute atomic E-state index is 11.9. The van der Waals surface area contributed by atoms with E-state index >= 15 is 0 Å². The fraction of sp³-hybridized carbons (Fsp3) is 0.500. The van der Waals surface area contributed by atoms with Gasteiger partial charge in [0, 0.05) is 19.5 Å². The minimum absolute atomic E-state index is 0.0349. The van der Waals surface area contributed by atoms with E-state index in [-0.39, 0.29) is 11.9 Å². The lowest BCUT2D eigenvalue weighted by atomic mass is 10.1. The van der Waals surface area contributed by atoms with Crippen LogP contribution in [0.4, 0.5) is 0 Å². The van der Waals surface area contributed by atoms with Crippen molar-refractivity contribution >= 4 is 5.91 Å². The maximum Gasteiger partial charge on any atom is 0.269 e. The second-order valence-electron chi connectivity index (χ2n) is 3.78. The van der Waals surface area contributed by atoms with Gasteiger partial charge in [0.15, 0.2) is 0 Å². The number of nitrogens with one attached hydrogen (secondary N) is 1. The number of hydrogen-bond acceptors (Lipinski definition) is 2. The van der Waals surface area contributed by atoms with Crippen LogP contribution in [0.3, 0.4) is 0 Å². The number of terminal acetylenes is 1. The van der Waals surface area contributed by atoms with Crippen LogP contribution in [0.5, 0.6) is 0 Å². The van der Waals surface area contributed by atoms with Gasteiger partial charge in [-0.05, 0) is 19.4 Å². The van der Waals surface area contributed by atoms with Crippen molar-refractivity contribution in [1.82, 2.24) is 15.1 Å². The van der Waals surface area contributed by atoms with Gasteiger partial charge in [0.1, 0.15) is 5.69 Å². The van der Waals surface area contributed by atoms with Crippen LogP contribution < -0.4 is 5.32 Å². The number of aryl methyl sites for hydroxylation is 2. The normalized spacial score (nSPS) is 11.9. The van der Waals surface area contributed by atoms with E-state index in [1.54, 1.807) is 17.8 Å². The van der Waals surface area contributed by atoms with Gasteiger partial charge in [0.25, 0.3) is 5.91 Å². The molecule has 4 heteroatoms. The molecular formula is C12H17N3O. The summed E-state index contributed by atoms with van der Waals surface area (Å²) in [5, 5.41) is 7.02. The van der Waals surface area contributed by atoms with Crippen LogP contribution in [0.15, 0.2) is 6.07 Å². The molecule has 1 aromatic rings. The van der Waals surface area contributed by atoms with Gasteiger partial charge in [-0.15, -0.1) is 12.3 Å². The van der Waals surface area contributed by atoms with Gasteiger partial charge in [-0.25, -0.2) is 0 Å². The third-order valence-electron chi connectivity index (χ3n) is 2.43. The summed E-state index contributed by atoms with van der Waals surface area (Å²) < 4.78 is 1.58. The van der Waals surface area contributed by atoms with Gasteiger partial charge in [0.05, 0.1) is 5.69 Å². The molecule has 0 saturated heterocycles. The summed E-state index contributed by atoms with van der Waals surface area (Å²) in [5.74, 6) is 2.44. The lowest BCUT2D eigenvalue weighted by Crippen LogP contribution is -2.35.